The van der Waals surface area contributed by atoms with Crippen molar-refractivity contribution in [3.05, 3.63) is 0 Å². The molecule has 5 nitrogen and oxygen atoms in total. The van der Waals surface area contributed by atoms with Gasteiger partial charge in [-0.3, -0.25) is 9.59 Å². The van der Waals surface area contributed by atoms with Crippen molar-refractivity contribution in [3.63, 3.8) is 0 Å². The van der Waals surface area contributed by atoms with Gasteiger partial charge in [0.05, 0.1) is 25.9 Å². The fourth-order valence-electron chi connectivity index (χ4n) is 3.33. The lowest BCUT2D eigenvalue weighted by Crippen LogP contribution is -2.35. The number of methoxy groups -OCH3 is 2. The lowest BCUT2D eigenvalue weighted by molar-refractivity contribution is -0.159. The van der Waals surface area contributed by atoms with Crippen LogP contribution in [0.2, 0.25) is 0 Å². The fraction of sp³-hybridized carbons (Fsp3) is 0.867. The molecule has 2 aliphatic rings. The van der Waals surface area contributed by atoms with Gasteiger partial charge in [0.2, 0.25) is 0 Å². The highest BCUT2D eigenvalue weighted by atomic mass is 16.6. The quantitative estimate of drug-likeness (QED) is 0.438. The Bertz CT molecular complexity index is 376. The Balaban J connectivity index is 2.00. The van der Waals surface area contributed by atoms with Crippen molar-refractivity contribution in [2.75, 3.05) is 14.2 Å². The first kappa shape index (κ1) is 15.3. The molecule has 2 fully saturated rings. The van der Waals surface area contributed by atoms with E-state index in [0.29, 0.717) is 18.3 Å². The minimum atomic E-state index is -0.870. The molecule has 0 aromatic carbocycles. The summed E-state index contributed by atoms with van der Waals surface area (Å²) in [5.74, 6) is -0.622. The maximum atomic E-state index is 11.7. The SMILES string of the molecule is COC(=O)C(C[C@]12CC[C@H](C(C)C)C[C@H]1O2)C(=O)OC. The molecule has 1 saturated carbocycles. The largest absolute Gasteiger partial charge is 0.468 e. The Morgan fingerprint density at radius 3 is 2.30 bits per heavy atom. The van der Waals surface area contributed by atoms with Crippen LogP contribution in [-0.4, -0.2) is 37.9 Å². The number of epoxide rings is 1. The summed E-state index contributed by atoms with van der Waals surface area (Å²) in [6.45, 7) is 4.46. The lowest BCUT2D eigenvalue weighted by atomic mass is 9.74. The van der Waals surface area contributed by atoms with Crippen LogP contribution in [0.3, 0.4) is 0 Å². The van der Waals surface area contributed by atoms with Crippen LogP contribution in [-0.2, 0) is 23.8 Å². The van der Waals surface area contributed by atoms with Gasteiger partial charge in [-0.15, -0.1) is 0 Å². The highest BCUT2D eigenvalue weighted by Crippen LogP contribution is 2.54. The molecule has 0 N–H and O–H groups in total. The summed E-state index contributed by atoms with van der Waals surface area (Å²) in [6, 6.07) is 0. The van der Waals surface area contributed by atoms with Gasteiger partial charge in [-0.2, -0.15) is 0 Å². The van der Waals surface area contributed by atoms with Crippen molar-refractivity contribution < 1.29 is 23.8 Å². The minimum absolute atomic E-state index is 0.181. The van der Waals surface area contributed by atoms with Gasteiger partial charge in [0.15, 0.2) is 5.92 Å². The second-order valence-electron chi connectivity index (χ2n) is 6.25. The second-order valence-corrected chi connectivity index (χ2v) is 6.25. The third-order valence-corrected chi connectivity index (χ3v) is 4.83. The third-order valence-electron chi connectivity index (χ3n) is 4.83. The zero-order chi connectivity index (χ0) is 14.9. The number of ether oxygens (including phenoxy) is 3. The van der Waals surface area contributed by atoms with Crippen LogP contribution in [0.15, 0.2) is 0 Å². The molecule has 1 saturated heterocycles. The van der Waals surface area contributed by atoms with Gasteiger partial charge >= 0.3 is 11.9 Å². The summed E-state index contributed by atoms with van der Waals surface area (Å²) in [5.41, 5.74) is -0.307. The Morgan fingerprint density at radius 1 is 1.25 bits per heavy atom. The molecule has 114 valence electrons. The number of carbonyl (C=O) groups is 2. The van der Waals surface area contributed by atoms with Crippen LogP contribution in [0.25, 0.3) is 0 Å². The third kappa shape index (κ3) is 2.82. The molecule has 2 rings (SSSR count). The van der Waals surface area contributed by atoms with E-state index in [1.54, 1.807) is 0 Å². The molecule has 20 heavy (non-hydrogen) atoms. The standard InChI is InChI=1S/C15H24O5/c1-9(2)10-5-6-15(12(7-10)20-15)8-11(13(16)18-3)14(17)19-4/h9-12H,5-8H2,1-4H3/t10-,12+,15+/m0/s1. The first-order chi connectivity index (χ1) is 9.43. The number of hydrogen-bond donors (Lipinski definition) is 0. The number of rotatable bonds is 5. The predicted octanol–water partition coefficient (Wildman–Crippen LogP) is 1.93. The van der Waals surface area contributed by atoms with Crippen molar-refractivity contribution in [3.8, 4) is 0 Å². The Morgan fingerprint density at radius 2 is 1.85 bits per heavy atom. The van der Waals surface area contributed by atoms with E-state index < -0.39 is 17.9 Å². The summed E-state index contributed by atoms with van der Waals surface area (Å²) in [4.78, 5) is 23.5. The zero-order valence-corrected chi connectivity index (χ0v) is 12.7. The average Bonchev–Trinajstić information content (AvgIpc) is 3.16. The molecule has 0 aromatic heterocycles. The molecule has 0 aromatic rings. The van der Waals surface area contributed by atoms with Crippen LogP contribution >= 0.6 is 0 Å². The van der Waals surface area contributed by atoms with E-state index in [1.807, 2.05) is 0 Å². The molecular weight excluding hydrogens is 260 g/mol. The van der Waals surface area contributed by atoms with Gasteiger partial charge < -0.3 is 14.2 Å². The van der Waals surface area contributed by atoms with E-state index in [9.17, 15) is 9.59 Å². The maximum Gasteiger partial charge on any atom is 0.320 e. The van der Waals surface area contributed by atoms with E-state index in [2.05, 4.69) is 13.8 Å². The van der Waals surface area contributed by atoms with Crippen molar-refractivity contribution in [2.24, 2.45) is 17.8 Å². The van der Waals surface area contributed by atoms with E-state index in [0.717, 1.165) is 19.3 Å². The topological polar surface area (TPSA) is 65.1 Å². The van der Waals surface area contributed by atoms with Gasteiger partial charge in [-0.1, -0.05) is 13.8 Å². The number of hydrogen-bond acceptors (Lipinski definition) is 5. The highest BCUT2D eigenvalue weighted by molar-refractivity contribution is 5.95. The Hall–Kier alpha value is -1.10. The molecule has 5 heteroatoms. The monoisotopic (exact) mass is 284 g/mol. The van der Waals surface area contributed by atoms with Crippen molar-refractivity contribution >= 4 is 11.9 Å². The first-order valence-corrected chi connectivity index (χ1v) is 7.27. The molecule has 1 heterocycles. The molecule has 0 radical (unpaired) electrons. The van der Waals surface area contributed by atoms with Crippen LogP contribution < -0.4 is 0 Å². The summed E-state index contributed by atoms with van der Waals surface area (Å²) < 4.78 is 15.3. The number of esters is 2. The van der Waals surface area contributed by atoms with Gasteiger partial charge in [-0.25, -0.2) is 0 Å². The maximum absolute atomic E-state index is 11.7. The van der Waals surface area contributed by atoms with Crippen LogP contribution in [0.5, 0.6) is 0 Å². The van der Waals surface area contributed by atoms with Gasteiger partial charge in [0.25, 0.3) is 0 Å². The molecule has 0 spiro atoms. The highest BCUT2D eigenvalue weighted by Gasteiger charge is 2.61. The normalized spacial score (nSPS) is 31.9. The average molecular weight is 284 g/mol. The molecule has 0 bridgehead atoms. The summed E-state index contributed by atoms with van der Waals surface area (Å²) in [7, 11) is 2.58. The van der Waals surface area contributed by atoms with E-state index >= 15 is 0 Å². The molecule has 1 aliphatic heterocycles. The van der Waals surface area contributed by atoms with Gasteiger partial charge in [0, 0.05) is 6.42 Å². The van der Waals surface area contributed by atoms with E-state index in [-0.39, 0.29) is 11.7 Å². The van der Waals surface area contributed by atoms with E-state index in [1.165, 1.54) is 14.2 Å². The van der Waals surface area contributed by atoms with Crippen LogP contribution in [0, 0.1) is 17.8 Å². The summed E-state index contributed by atoms with van der Waals surface area (Å²) in [6.07, 6.45) is 3.57. The van der Waals surface area contributed by atoms with Crippen LogP contribution in [0.4, 0.5) is 0 Å². The first-order valence-electron chi connectivity index (χ1n) is 7.27. The number of fused-ring (bicyclic) bond motifs is 1. The zero-order valence-electron chi connectivity index (χ0n) is 12.7. The predicted molar refractivity (Wildman–Crippen MR) is 71.9 cm³/mol. The second kappa shape index (κ2) is 5.72. The molecule has 0 unspecified atom stereocenters. The van der Waals surface area contributed by atoms with Crippen molar-refractivity contribution in [1.82, 2.24) is 0 Å². The molecule has 1 aliphatic carbocycles. The fourth-order valence-corrected chi connectivity index (χ4v) is 3.33. The Labute approximate surface area is 120 Å². The summed E-state index contributed by atoms with van der Waals surface area (Å²) in [5, 5.41) is 0. The van der Waals surface area contributed by atoms with Gasteiger partial charge in [-0.05, 0) is 31.1 Å². The smallest absolute Gasteiger partial charge is 0.320 e. The molecular formula is C15H24O5. The van der Waals surface area contributed by atoms with Crippen molar-refractivity contribution in [1.29, 1.82) is 0 Å². The molecule has 3 atom stereocenters. The van der Waals surface area contributed by atoms with Crippen molar-refractivity contribution in [2.45, 2.75) is 51.2 Å². The Kier molecular flexibility index (Phi) is 4.37. The molecule has 0 amide bonds. The van der Waals surface area contributed by atoms with Crippen LogP contribution in [0.1, 0.15) is 39.5 Å². The number of carbonyl (C=O) groups excluding carboxylic acids is 2. The van der Waals surface area contributed by atoms with E-state index in [4.69, 9.17) is 14.2 Å². The van der Waals surface area contributed by atoms with Gasteiger partial charge in [0.1, 0.15) is 0 Å². The lowest BCUT2D eigenvalue weighted by Gasteiger charge is -2.28. The minimum Gasteiger partial charge on any atom is -0.468 e. The summed E-state index contributed by atoms with van der Waals surface area (Å²) >= 11 is 0.